The lowest BCUT2D eigenvalue weighted by atomic mass is 9.73. The van der Waals surface area contributed by atoms with E-state index in [9.17, 15) is 0 Å². The normalized spacial score (nSPS) is 20.1. The van der Waals surface area contributed by atoms with Crippen LogP contribution in [0.4, 0.5) is 0 Å². The Morgan fingerprint density at radius 3 is 2.00 bits per heavy atom. The van der Waals surface area contributed by atoms with Gasteiger partial charge in [0.25, 0.3) is 0 Å². The zero-order valence-electron chi connectivity index (χ0n) is 13.8. The predicted octanol–water partition coefficient (Wildman–Crippen LogP) is 3.83. The summed E-state index contributed by atoms with van der Waals surface area (Å²) < 4.78 is 0. The van der Waals surface area contributed by atoms with Crippen molar-refractivity contribution in [2.45, 2.75) is 57.5 Å². The van der Waals surface area contributed by atoms with Crippen LogP contribution in [0.5, 0.6) is 0 Å². The van der Waals surface area contributed by atoms with Crippen LogP contribution in [-0.2, 0) is 0 Å². The highest BCUT2D eigenvalue weighted by Gasteiger charge is 2.41. The van der Waals surface area contributed by atoms with Crippen molar-refractivity contribution in [2.24, 2.45) is 0 Å². The zero-order chi connectivity index (χ0) is 14.8. The lowest BCUT2D eigenvalue weighted by Gasteiger charge is -2.48. The molecular weight excluding hydrogens is 244 g/mol. The highest BCUT2D eigenvalue weighted by Crippen LogP contribution is 2.42. The molecule has 1 aliphatic rings. The van der Waals surface area contributed by atoms with Crippen LogP contribution in [-0.4, -0.2) is 31.6 Å². The molecule has 20 heavy (non-hydrogen) atoms. The Hall–Kier alpha value is -0.860. The van der Waals surface area contributed by atoms with Gasteiger partial charge in [0.15, 0.2) is 0 Å². The van der Waals surface area contributed by atoms with E-state index >= 15 is 0 Å². The second kappa shape index (κ2) is 6.28. The third-order valence-electron chi connectivity index (χ3n) is 5.01. The van der Waals surface area contributed by atoms with Gasteiger partial charge in [-0.15, -0.1) is 0 Å². The Kier molecular flexibility index (Phi) is 4.87. The standard InChI is InChI=1S/C18H30N2/c1-14-11-15(2)13-16(12-14)17(19-3)18(20(4)5)9-7-6-8-10-18/h11-13,17,19H,6-10H2,1-5H3. The van der Waals surface area contributed by atoms with Crippen LogP contribution in [0.25, 0.3) is 0 Å². The van der Waals surface area contributed by atoms with Gasteiger partial charge in [0.05, 0.1) is 6.04 Å². The van der Waals surface area contributed by atoms with E-state index in [2.05, 4.69) is 63.4 Å². The van der Waals surface area contributed by atoms with Crippen molar-refractivity contribution in [1.29, 1.82) is 0 Å². The molecule has 1 aliphatic carbocycles. The smallest absolute Gasteiger partial charge is 0.0504 e. The Morgan fingerprint density at radius 2 is 1.55 bits per heavy atom. The maximum atomic E-state index is 3.62. The average molecular weight is 274 g/mol. The Labute approximate surface area is 124 Å². The summed E-state index contributed by atoms with van der Waals surface area (Å²) in [5, 5.41) is 3.62. The number of aryl methyl sites for hydroxylation is 2. The fourth-order valence-electron chi connectivity index (χ4n) is 4.08. The topological polar surface area (TPSA) is 15.3 Å². The number of rotatable bonds is 4. The minimum atomic E-state index is 0.257. The molecular formula is C18H30N2. The van der Waals surface area contributed by atoms with Crippen molar-refractivity contribution in [3.05, 3.63) is 34.9 Å². The van der Waals surface area contributed by atoms with Gasteiger partial charge in [-0.1, -0.05) is 48.6 Å². The number of likely N-dealkylation sites (N-methyl/N-ethyl adjacent to an activating group) is 2. The first-order valence-electron chi connectivity index (χ1n) is 7.92. The molecule has 0 heterocycles. The molecule has 1 aromatic carbocycles. The minimum absolute atomic E-state index is 0.257. The van der Waals surface area contributed by atoms with E-state index in [-0.39, 0.29) is 5.54 Å². The van der Waals surface area contributed by atoms with Crippen LogP contribution in [0.2, 0.25) is 0 Å². The van der Waals surface area contributed by atoms with E-state index in [0.717, 1.165) is 0 Å². The molecule has 0 spiro atoms. The number of nitrogens with one attached hydrogen (secondary N) is 1. The van der Waals surface area contributed by atoms with Gasteiger partial charge in [-0.05, 0) is 53.4 Å². The predicted molar refractivity (Wildman–Crippen MR) is 87.2 cm³/mol. The van der Waals surface area contributed by atoms with Crippen molar-refractivity contribution >= 4 is 0 Å². The molecule has 2 heteroatoms. The number of hydrogen-bond donors (Lipinski definition) is 1. The van der Waals surface area contributed by atoms with Crippen molar-refractivity contribution in [1.82, 2.24) is 10.2 Å². The SMILES string of the molecule is CNC(c1cc(C)cc(C)c1)C1(N(C)C)CCCCC1. The Balaban J connectivity index is 2.42. The summed E-state index contributed by atoms with van der Waals surface area (Å²) in [6.07, 6.45) is 6.66. The summed E-state index contributed by atoms with van der Waals surface area (Å²) >= 11 is 0. The highest BCUT2D eigenvalue weighted by molar-refractivity contribution is 5.33. The van der Waals surface area contributed by atoms with E-state index in [1.54, 1.807) is 0 Å². The van der Waals surface area contributed by atoms with Crippen LogP contribution >= 0.6 is 0 Å². The summed E-state index contributed by atoms with van der Waals surface area (Å²) in [6, 6.07) is 7.39. The highest BCUT2D eigenvalue weighted by atomic mass is 15.2. The molecule has 2 nitrogen and oxygen atoms in total. The molecule has 1 aromatic rings. The molecule has 0 radical (unpaired) electrons. The molecule has 1 atom stereocenters. The average Bonchev–Trinajstić information content (AvgIpc) is 2.39. The Morgan fingerprint density at radius 1 is 1.00 bits per heavy atom. The van der Waals surface area contributed by atoms with E-state index < -0.39 is 0 Å². The molecule has 0 aliphatic heterocycles. The van der Waals surface area contributed by atoms with Gasteiger partial charge in [-0.2, -0.15) is 0 Å². The van der Waals surface area contributed by atoms with Crippen LogP contribution in [0.1, 0.15) is 54.8 Å². The van der Waals surface area contributed by atoms with Gasteiger partial charge in [0.1, 0.15) is 0 Å². The molecule has 0 bridgehead atoms. The summed E-state index contributed by atoms with van der Waals surface area (Å²) in [5.74, 6) is 0. The largest absolute Gasteiger partial charge is 0.311 e. The second-order valence-corrected chi connectivity index (χ2v) is 6.70. The van der Waals surface area contributed by atoms with E-state index in [1.807, 2.05) is 0 Å². The zero-order valence-corrected chi connectivity index (χ0v) is 13.8. The fourth-order valence-corrected chi connectivity index (χ4v) is 4.08. The van der Waals surface area contributed by atoms with Crippen LogP contribution in [0.3, 0.4) is 0 Å². The number of hydrogen-bond acceptors (Lipinski definition) is 2. The monoisotopic (exact) mass is 274 g/mol. The van der Waals surface area contributed by atoms with Gasteiger partial charge >= 0.3 is 0 Å². The van der Waals surface area contributed by atoms with Crippen LogP contribution in [0.15, 0.2) is 18.2 Å². The van der Waals surface area contributed by atoms with Crippen LogP contribution in [0, 0.1) is 13.8 Å². The van der Waals surface area contributed by atoms with Crippen molar-refractivity contribution in [2.75, 3.05) is 21.1 Å². The Bertz CT molecular complexity index is 424. The van der Waals surface area contributed by atoms with Gasteiger partial charge in [-0.3, -0.25) is 0 Å². The fraction of sp³-hybridized carbons (Fsp3) is 0.667. The first-order chi connectivity index (χ1) is 9.49. The first-order valence-corrected chi connectivity index (χ1v) is 7.92. The lowest BCUT2D eigenvalue weighted by molar-refractivity contribution is 0.0594. The lowest BCUT2D eigenvalue weighted by Crippen LogP contribution is -2.54. The molecule has 1 saturated carbocycles. The third-order valence-corrected chi connectivity index (χ3v) is 5.01. The van der Waals surface area contributed by atoms with Gasteiger partial charge in [0.2, 0.25) is 0 Å². The maximum Gasteiger partial charge on any atom is 0.0504 e. The van der Waals surface area contributed by atoms with Crippen molar-refractivity contribution in [3.63, 3.8) is 0 Å². The minimum Gasteiger partial charge on any atom is -0.311 e. The van der Waals surface area contributed by atoms with Crippen LogP contribution < -0.4 is 5.32 Å². The van der Waals surface area contributed by atoms with Crippen molar-refractivity contribution in [3.8, 4) is 0 Å². The summed E-state index contributed by atoms with van der Waals surface area (Å²) in [6.45, 7) is 4.40. The molecule has 2 rings (SSSR count). The van der Waals surface area contributed by atoms with E-state index in [4.69, 9.17) is 0 Å². The second-order valence-electron chi connectivity index (χ2n) is 6.70. The van der Waals surface area contributed by atoms with Gasteiger partial charge in [-0.25, -0.2) is 0 Å². The molecule has 0 aromatic heterocycles. The molecule has 0 amide bonds. The molecule has 1 N–H and O–H groups in total. The van der Waals surface area contributed by atoms with E-state index in [1.165, 1.54) is 48.8 Å². The molecule has 112 valence electrons. The molecule has 0 saturated heterocycles. The van der Waals surface area contributed by atoms with Gasteiger partial charge < -0.3 is 10.2 Å². The van der Waals surface area contributed by atoms with E-state index in [0.29, 0.717) is 6.04 Å². The molecule has 1 unspecified atom stereocenters. The molecule has 1 fully saturated rings. The summed E-state index contributed by atoms with van der Waals surface area (Å²) in [5.41, 5.74) is 4.43. The van der Waals surface area contributed by atoms with Crippen molar-refractivity contribution < 1.29 is 0 Å². The third kappa shape index (κ3) is 2.91. The first kappa shape index (κ1) is 15.5. The number of benzene rings is 1. The number of nitrogens with zero attached hydrogens (tertiary/aromatic N) is 1. The summed E-state index contributed by atoms with van der Waals surface area (Å²) in [4.78, 5) is 2.46. The van der Waals surface area contributed by atoms with Gasteiger partial charge in [0, 0.05) is 5.54 Å². The quantitative estimate of drug-likeness (QED) is 0.897. The summed E-state index contributed by atoms with van der Waals surface area (Å²) in [7, 11) is 6.61. The maximum absolute atomic E-state index is 3.62.